The maximum Gasteiger partial charge on any atom is 0.374 e. The third-order valence-electron chi connectivity index (χ3n) is 2.54. The molecular formula is C13H12N2O5. The van der Waals surface area contributed by atoms with Crippen LogP contribution in [0.5, 0.6) is 5.75 Å². The molecule has 0 spiro atoms. The van der Waals surface area contributed by atoms with Gasteiger partial charge in [0.25, 0.3) is 0 Å². The van der Waals surface area contributed by atoms with Crippen LogP contribution < -0.4 is 10.1 Å². The molecular weight excluding hydrogens is 264 g/mol. The predicted octanol–water partition coefficient (Wildman–Crippen LogP) is 2.01. The molecule has 1 heterocycles. The number of carbonyl (C=O) groups is 2. The number of para-hydroxylation sites is 1. The Hall–Kier alpha value is -2.83. The standard InChI is InChI=1S/C13H12N2O5/c1-7(16)14-12-8(4-3-5-10(12)19-2)9-6-11(13(17)18)20-15-9/h3-6H,1-2H3,(H,14,16)(H,17,18). The molecule has 0 radical (unpaired) electrons. The number of hydrogen-bond donors (Lipinski definition) is 2. The molecule has 7 heteroatoms. The van der Waals surface area contributed by atoms with Crippen molar-refractivity contribution in [3.63, 3.8) is 0 Å². The average Bonchev–Trinajstić information content (AvgIpc) is 2.88. The summed E-state index contributed by atoms with van der Waals surface area (Å²) in [5.41, 5.74) is 1.22. The minimum absolute atomic E-state index is 0.280. The highest BCUT2D eigenvalue weighted by Gasteiger charge is 2.17. The second kappa shape index (κ2) is 5.43. The zero-order valence-corrected chi connectivity index (χ0v) is 10.8. The number of carboxylic acids is 1. The Morgan fingerprint density at radius 2 is 2.15 bits per heavy atom. The number of nitrogens with zero attached hydrogens (tertiary/aromatic N) is 1. The van der Waals surface area contributed by atoms with Gasteiger partial charge in [0.1, 0.15) is 11.4 Å². The highest BCUT2D eigenvalue weighted by Crippen LogP contribution is 2.35. The molecule has 0 aliphatic heterocycles. The van der Waals surface area contributed by atoms with Crippen LogP contribution in [-0.2, 0) is 4.79 Å². The molecule has 2 aromatic rings. The number of nitrogens with one attached hydrogen (secondary N) is 1. The molecule has 1 aromatic heterocycles. The van der Waals surface area contributed by atoms with E-state index in [2.05, 4.69) is 10.5 Å². The number of aromatic nitrogens is 1. The fourth-order valence-corrected chi connectivity index (χ4v) is 1.72. The van der Waals surface area contributed by atoms with Gasteiger partial charge in [-0.1, -0.05) is 17.3 Å². The molecule has 2 rings (SSSR count). The first-order chi connectivity index (χ1) is 9.52. The molecule has 0 aliphatic carbocycles. The smallest absolute Gasteiger partial charge is 0.374 e. The summed E-state index contributed by atoms with van der Waals surface area (Å²) in [4.78, 5) is 22.1. The fourth-order valence-electron chi connectivity index (χ4n) is 1.72. The van der Waals surface area contributed by atoms with Crippen molar-refractivity contribution in [1.29, 1.82) is 0 Å². The Balaban J connectivity index is 2.54. The van der Waals surface area contributed by atoms with Crippen LogP contribution in [0.15, 0.2) is 28.8 Å². The van der Waals surface area contributed by atoms with E-state index in [1.165, 1.54) is 20.1 Å². The predicted molar refractivity (Wildman–Crippen MR) is 69.8 cm³/mol. The fraction of sp³-hybridized carbons (Fsp3) is 0.154. The lowest BCUT2D eigenvalue weighted by Gasteiger charge is -2.12. The topological polar surface area (TPSA) is 102 Å². The molecule has 0 bridgehead atoms. The average molecular weight is 276 g/mol. The Labute approximate surface area is 114 Å². The molecule has 104 valence electrons. The molecule has 2 N–H and O–H groups in total. The van der Waals surface area contributed by atoms with Crippen molar-refractivity contribution in [3.8, 4) is 17.0 Å². The number of aromatic carboxylic acids is 1. The van der Waals surface area contributed by atoms with E-state index < -0.39 is 5.97 Å². The van der Waals surface area contributed by atoms with Gasteiger partial charge in [0.2, 0.25) is 11.7 Å². The van der Waals surface area contributed by atoms with Gasteiger partial charge >= 0.3 is 5.97 Å². The first-order valence-corrected chi connectivity index (χ1v) is 5.68. The summed E-state index contributed by atoms with van der Waals surface area (Å²) in [7, 11) is 1.47. The van der Waals surface area contributed by atoms with Gasteiger partial charge < -0.3 is 19.7 Å². The van der Waals surface area contributed by atoms with Crippen LogP contribution in [0.1, 0.15) is 17.5 Å². The Kier molecular flexibility index (Phi) is 3.69. The maximum absolute atomic E-state index is 11.3. The number of hydrogen-bond acceptors (Lipinski definition) is 5. The van der Waals surface area contributed by atoms with Crippen molar-refractivity contribution in [2.75, 3.05) is 12.4 Å². The van der Waals surface area contributed by atoms with E-state index in [-0.39, 0.29) is 11.7 Å². The maximum atomic E-state index is 11.3. The van der Waals surface area contributed by atoms with Crippen LogP contribution in [0, 0.1) is 0 Å². The highest BCUT2D eigenvalue weighted by atomic mass is 16.5. The lowest BCUT2D eigenvalue weighted by molar-refractivity contribution is -0.114. The summed E-state index contributed by atoms with van der Waals surface area (Å²) < 4.78 is 9.88. The minimum Gasteiger partial charge on any atom is -0.495 e. The lowest BCUT2D eigenvalue weighted by atomic mass is 10.1. The first kappa shape index (κ1) is 13.6. The molecule has 1 amide bonds. The number of carbonyl (C=O) groups excluding carboxylic acids is 1. The zero-order valence-electron chi connectivity index (χ0n) is 10.8. The summed E-state index contributed by atoms with van der Waals surface area (Å²) in [6, 6.07) is 6.33. The number of amides is 1. The molecule has 7 nitrogen and oxygen atoms in total. The number of rotatable bonds is 4. The van der Waals surface area contributed by atoms with E-state index in [4.69, 9.17) is 14.4 Å². The molecule has 0 saturated heterocycles. The van der Waals surface area contributed by atoms with Crippen molar-refractivity contribution in [3.05, 3.63) is 30.0 Å². The molecule has 1 aromatic carbocycles. The van der Waals surface area contributed by atoms with Gasteiger partial charge in [-0.2, -0.15) is 0 Å². The van der Waals surface area contributed by atoms with Crippen LogP contribution >= 0.6 is 0 Å². The van der Waals surface area contributed by atoms with Gasteiger partial charge in [-0.15, -0.1) is 0 Å². The van der Waals surface area contributed by atoms with Gasteiger partial charge in [0.05, 0.1) is 12.8 Å². The van der Waals surface area contributed by atoms with Crippen LogP contribution in [0.2, 0.25) is 0 Å². The minimum atomic E-state index is -1.22. The zero-order chi connectivity index (χ0) is 14.7. The highest BCUT2D eigenvalue weighted by molar-refractivity contribution is 5.96. The van der Waals surface area contributed by atoms with Gasteiger partial charge in [-0.25, -0.2) is 4.79 Å². The Bertz CT molecular complexity index is 663. The summed E-state index contributed by atoms with van der Waals surface area (Å²) in [5.74, 6) is -1.33. The molecule has 0 saturated carbocycles. The van der Waals surface area contributed by atoms with Gasteiger partial charge in [-0.05, 0) is 6.07 Å². The Morgan fingerprint density at radius 1 is 1.40 bits per heavy atom. The van der Waals surface area contributed by atoms with Crippen molar-refractivity contribution >= 4 is 17.6 Å². The molecule has 0 aliphatic rings. The number of anilines is 1. The van der Waals surface area contributed by atoms with Crippen molar-refractivity contribution < 1.29 is 24.0 Å². The molecule has 20 heavy (non-hydrogen) atoms. The van der Waals surface area contributed by atoms with Crippen LogP contribution in [0.25, 0.3) is 11.3 Å². The SMILES string of the molecule is COc1cccc(-c2cc(C(=O)O)on2)c1NC(C)=O. The van der Waals surface area contributed by atoms with Crippen molar-refractivity contribution in [2.24, 2.45) is 0 Å². The molecule has 0 unspecified atom stereocenters. The van der Waals surface area contributed by atoms with Crippen molar-refractivity contribution in [1.82, 2.24) is 5.16 Å². The normalized spacial score (nSPS) is 10.1. The van der Waals surface area contributed by atoms with E-state index in [0.717, 1.165) is 0 Å². The third kappa shape index (κ3) is 2.61. The Morgan fingerprint density at radius 3 is 2.70 bits per heavy atom. The van der Waals surface area contributed by atoms with Crippen LogP contribution in [0.3, 0.4) is 0 Å². The monoisotopic (exact) mass is 276 g/mol. The summed E-state index contributed by atoms with van der Waals surface area (Å²) in [5, 5.41) is 15.2. The van der Waals surface area contributed by atoms with E-state index in [1.54, 1.807) is 18.2 Å². The van der Waals surface area contributed by atoms with Gasteiger partial charge in [-0.3, -0.25) is 4.79 Å². The first-order valence-electron chi connectivity index (χ1n) is 5.68. The van der Waals surface area contributed by atoms with Gasteiger partial charge in [0, 0.05) is 18.6 Å². The van der Waals surface area contributed by atoms with Crippen LogP contribution in [0.4, 0.5) is 5.69 Å². The van der Waals surface area contributed by atoms with Crippen molar-refractivity contribution in [2.45, 2.75) is 6.92 Å². The number of carboxylic acid groups (broad SMARTS) is 1. The second-order valence-electron chi connectivity index (χ2n) is 3.95. The molecule has 0 atom stereocenters. The lowest BCUT2D eigenvalue weighted by Crippen LogP contribution is -2.08. The number of methoxy groups -OCH3 is 1. The van der Waals surface area contributed by atoms with E-state index in [0.29, 0.717) is 22.7 Å². The van der Waals surface area contributed by atoms with Gasteiger partial charge in [0.15, 0.2) is 0 Å². The van der Waals surface area contributed by atoms with E-state index in [1.807, 2.05) is 0 Å². The summed E-state index contributed by atoms with van der Waals surface area (Å²) in [6.45, 7) is 1.36. The number of benzene rings is 1. The summed E-state index contributed by atoms with van der Waals surface area (Å²) >= 11 is 0. The van der Waals surface area contributed by atoms with E-state index in [9.17, 15) is 9.59 Å². The van der Waals surface area contributed by atoms with E-state index >= 15 is 0 Å². The summed E-state index contributed by atoms with van der Waals surface area (Å²) in [6.07, 6.45) is 0. The largest absolute Gasteiger partial charge is 0.495 e. The third-order valence-corrected chi connectivity index (χ3v) is 2.54. The second-order valence-corrected chi connectivity index (χ2v) is 3.95. The van der Waals surface area contributed by atoms with Crippen LogP contribution in [-0.4, -0.2) is 29.2 Å². The number of ether oxygens (including phenoxy) is 1. The molecule has 0 fully saturated rings. The quantitative estimate of drug-likeness (QED) is 0.885.